The first kappa shape index (κ1) is 33.1. The first-order valence-electron chi connectivity index (χ1n) is 16.2. The Morgan fingerprint density at radius 1 is 0.776 bits per heavy atom. The topological polar surface area (TPSA) is 102 Å². The van der Waals surface area contributed by atoms with Gasteiger partial charge in [0.1, 0.15) is 18.8 Å². The molecule has 49 heavy (non-hydrogen) atoms. The number of benzene rings is 4. The standard InChI is InChI=1S/C40H40N4O5/c1-40(2,3)49-39(46)42-30-17-15-29(16-18-30)41-31-19-20-32-34(24-37(45)44(4)35(32)23-31)33-21-22-36(47-25-27-11-7-5-8-12-27)43-38(33)48-26-28-13-9-6-10-14-28/h5-23,34,41H,24-26H2,1-4H3,(H,42,46). The predicted molar refractivity (Wildman–Crippen MR) is 192 cm³/mol. The van der Waals surface area contributed by atoms with Gasteiger partial charge in [-0.05, 0) is 79.9 Å². The summed E-state index contributed by atoms with van der Waals surface area (Å²) >= 11 is 0. The quantitative estimate of drug-likeness (QED) is 0.155. The Morgan fingerprint density at radius 2 is 1.37 bits per heavy atom. The molecular formula is C40H40N4O5. The maximum Gasteiger partial charge on any atom is 0.412 e. The molecular weight excluding hydrogens is 616 g/mol. The molecule has 2 N–H and O–H groups in total. The van der Waals surface area contributed by atoms with Gasteiger partial charge in [-0.1, -0.05) is 66.7 Å². The van der Waals surface area contributed by atoms with Crippen molar-refractivity contribution in [3.63, 3.8) is 0 Å². The number of carbonyl (C=O) groups is 2. The number of pyridine rings is 1. The Bertz CT molecular complexity index is 1910. The zero-order chi connectivity index (χ0) is 34.4. The average molecular weight is 657 g/mol. The molecule has 0 saturated carbocycles. The van der Waals surface area contributed by atoms with Crippen molar-refractivity contribution >= 4 is 34.7 Å². The van der Waals surface area contributed by atoms with Gasteiger partial charge in [-0.15, -0.1) is 0 Å². The van der Waals surface area contributed by atoms with E-state index in [0.29, 0.717) is 30.7 Å². The fourth-order valence-corrected chi connectivity index (χ4v) is 5.62. The van der Waals surface area contributed by atoms with Gasteiger partial charge in [-0.2, -0.15) is 4.98 Å². The second-order valence-electron chi connectivity index (χ2n) is 12.9. The molecule has 1 atom stereocenters. The molecule has 5 aromatic rings. The molecule has 9 heteroatoms. The van der Waals surface area contributed by atoms with Crippen LogP contribution in [-0.4, -0.2) is 29.6 Å². The van der Waals surface area contributed by atoms with E-state index in [0.717, 1.165) is 39.3 Å². The van der Waals surface area contributed by atoms with Gasteiger partial charge in [0.25, 0.3) is 0 Å². The van der Waals surface area contributed by atoms with Crippen LogP contribution in [0.2, 0.25) is 0 Å². The zero-order valence-corrected chi connectivity index (χ0v) is 28.1. The van der Waals surface area contributed by atoms with E-state index in [2.05, 4.69) is 10.6 Å². The second kappa shape index (κ2) is 14.5. The van der Waals surface area contributed by atoms with E-state index in [4.69, 9.17) is 19.2 Å². The number of ether oxygens (including phenoxy) is 3. The van der Waals surface area contributed by atoms with Gasteiger partial charge in [-0.25, -0.2) is 4.79 Å². The summed E-state index contributed by atoms with van der Waals surface area (Å²) in [6.45, 7) is 6.16. The van der Waals surface area contributed by atoms with Crippen LogP contribution in [0.25, 0.3) is 0 Å². The molecule has 4 aromatic carbocycles. The molecule has 6 rings (SSSR count). The number of hydrogen-bond donors (Lipinski definition) is 2. The highest BCUT2D eigenvalue weighted by atomic mass is 16.6. The number of hydrogen-bond acceptors (Lipinski definition) is 7. The summed E-state index contributed by atoms with van der Waals surface area (Å²) < 4.78 is 17.7. The molecule has 9 nitrogen and oxygen atoms in total. The van der Waals surface area contributed by atoms with Gasteiger partial charge >= 0.3 is 6.09 Å². The van der Waals surface area contributed by atoms with Crippen molar-refractivity contribution in [1.82, 2.24) is 4.98 Å². The van der Waals surface area contributed by atoms with Crippen molar-refractivity contribution in [2.45, 2.75) is 51.9 Å². The first-order chi connectivity index (χ1) is 23.6. The van der Waals surface area contributed by atoms with E-state index in [1.807, 2.05) is 124 Å². The van der Waals surface area contributed by atoms with Crippen molar-refractivity contribution in [3.8, 4) is 11.8 Å². The molecule has 0 radical (unpaired) electrons. The van der Waals surface area contributed by atoms with Gasteiger partial charge < -0.3 is 24.4 Å². The molecule has 1 aliphatic heterocycles. The van der Waals surface area contributed by atoms with Gasteiger partial charge in [0, 0.05) is 53.8 Å². The second-order valence-corrected chi connectivity index (χ2v) is 12.9. The van der Waals surface area contributed by atoms with E-state index in [9.17, 15) is 9.59 Å². The number of fused-ring (bicyclic) bond motifs is 1. The third kappa shape index (κ3) is 8.56. The Hall–Kier alpha value is -5.83. The molecule has 0 bridgehead atoms. The molecule has 250 valence electrons. The monoisotopic (exact) mass is 656 g/mol. The van der Waals surface area contributed by atoms with Crippen molar-refractivity contribution in [3.05, 3.63) is 138 Å². The highest BCUT2D eigenvalue weighted by Gasteiger charge is 2.33. The third-order valence-corrected chi connectivity index (χ3v) is 8.03. The largest absolute Gasteiger partial charge is 0.473 e. The number of nitrogens with one attached hydrogen (secondary N) is 2. The van der Waals surface area contributed by atoms with Crippen LogP contribution in [0, 0.1) is 0 Å². The number of rotatable bonds is 10. The summed E-state index contributed by atoms with van der Waals surface area (Å²) in [6, 6.07) is 37.0. The maximum atomic E-state index is 13.4. The van der Waals surface area contributed by atoms with Gasteiger partial charge in [0.15, 0.2) is 0 Å². The Balaban J connectivity index is 1.24. The SMILES string of the molecule is CN1C(=O)CC(c2ccc(OCc3ccccc3)nc2OCc2ccccc2)c2ccc(Nc3ccc(NC(=O)OC(C)(C)C)cc3)cc21. The highest BCUT2D eigenvalue weighted by Crippen LogP contribution is 2.44. The molecule has 0 aliphatic carbocycles. The van der Waals surface area contributed by atoms with Gasteiger partial charge in [0.2, 0.25) is 17.7 Å². The molecule has 0 fully saturated rings. The summed E-state index contributed by atoms with van der Waals surface area (Å²) in [5, 5.41) is 6.16. The van der Waals surface area contributed by atoms with Crippen LogP contribution in [0.5, 0.6) is 11.8 Å². The molecule has 2 amide bonds. The van der Waals surface area contributed by atoms with E-state index in [1.54, 1.807) is 24.1 Å². The number of carbonyl (C=O) groups excluding carboxylic acids is 2. The van der Waals surface area contributed by atoms with Crippen LogP contribution < -0.4 is 25.0 Å². The summed E-state index contributed by atoms with van der Waals surface area (Å²) in [5.74, 6) is 0.602. The van der Waals surface area contributed by atoms with E-state index >= 15 is 0 Å². The number of aromatic nitrogens is 1. The minimum absolute atomic E-state index is 0.00867. The zero-order valence-electron chi connectivity index (χ0n) is 28.1. The third-order valence-electron chi connectivity index (χ3n) is 8.03. The molecule has 1 aromatic heterocycles. The van der Waals surface area contributed by atoms with Crippen molar-refractivity contribution in [1.29, 1.82) is 0 Å². The van der Waals surface area contributed by atoms with Crippen molar-refractivity contribution < 1.29 is 23.8 Å². The lowest BCUT2D eigenvalue weighted by Gasteiger charge is -2.33. The molecule has 1 unspecified atom stereocenters. The van der Waals surface area contributed by atoms with Crippen LogP contribution in [0.3, 0.4) is 0 Å². The van der Waals surface area contributed by atoms with Crippen LogP contribution in [0.4, 0.5) is 27.5 Å². The van der Waals surface area contributed by atoms with Crippen molar-refractivity contribution in [2.24, 2.45) is 0 Å². The highest BCUT2D eigenvalue weighted by molar-refractivity contribution is 5.98. The Morgan fingerprint density at radius 3 is 2.02 bits per heavy atom. The summed E-state index contributed by atoms with van der Waals surface area (Å²) in [7, 11) is 1.80. The van der Waals surface area contributed by atoms with Crippen LogP contribution in [0.15, 0.2) is 115 Å². The molecule has 0 saturated heterocycles. The molecule has 1 aliphatic rings. The summed E-state index contributed by atoms with van der Waals surface area (Å²) in [6.07, 6.45) is -0.237. The summed E-state index contributed by atoms with van der Waals surface area (Å²) in [5.41, 5.74) is 6.33. The Kier molecular flexibility index (Phi) is 9.80. The van der Waals surface area contributed by atoms with Crippen LogP contribution in [-0.2, 0) is 22.7 Å². The lowest BCUT2D eigenvalue weighted by atomic mass is 9.84. The number of amides is 2. The number of anilines is 4. The smallest absolute Gasteiger partial charge is 0.412 e. The average Bonchev–Trinajstić information content (AvgIpc) is 3.09. The summed E-state index contributed by atoms with van der Waals surface area (Å²) in [4.78, 5) is 32.1. The van der Waals surface area contributed by atoms with Gasteiger partial charge in [0.05, 0.1) is 0 Å². The minimum atomic E-state index is -0.584. The van der Waals surface area contributed by atoms with Crippen LogP contribution in [0.1, 0.15) is 55.4 Å². The normalized spacial score (nSPS) is 14.1. The van der Waals surface area contributed by atoms with Crippen molar-refractivity contribution in [2.75, 3.05) is 22.6 Å². The van der Waals surface area contributed by atoms with Gasteiger partial charge in [-0.3, -0.25) is 10.1 Å². The van der Waals surface area contributed by atoms with E-state index in [-0.39, 0.29) is 18.2 Å². The number of nitrogens with zero attached hydrogens (tertiary/aromatic N) is 2. The van der Waals surface area contributed by atoms with E-state index < -0.39 is 11.7 Å². The fraction of sp³-hybridized carbons (Fsp3) is 0.225. The lowest BCUT2D eigenvalue weighted by molar-refractivity contribution is -0.118. The lowest BCUT2D eigenvalue weighted by Crippen LogP contribution is -2.33. The van der Waals surface area contributed by atoms with Crippen LogP contribution >= 0.6 is 0 Å². The first-order valence-corrected chi connectivity index (χ1v) is 16.2. The fourth-order valence-electron chi connectivity index (χ4n) is 5.62. The molecule has 0 spiro atoms. The minimum Gasteiger partial charge on any atom is -0.473 e. The maximum absolute atomic E-state index is 13.4. The Labute approximate surface area is 286 Å². The molecule has 2 heterocycles. The van der Waals surface area contributed by atoms with E-state index in [1.165, 1.54) is 0 Å². The predicted octanol–water partition coefficient (Wildman–Crippen LogP) is 8.83.